The van der Waals surface area contributed by atoms with Gasteiger partial charge in [0.2, 0.25) is 11.8 Å². The van der Waals surface area contributed by atoms with Crippen LogP contribution in [0.2, 0.25) is 0 Å². The molecule has 0 radical (unpaired) electrons. The minimum absolute atomic E-state index is 0.123. The quantitative estimate of drug-likeness (QED) is 0.375. The van der Waals surface area contributed by atoms with E-state index >= 15 is 0 Å². The van der Waals surface area contributed by atoms with Crippen LogP contribution in [0.25, 0.3) is 0 Å². The van der Waals surface area contributed by atoms with Crippen LogP contribution in [0, 0.1) is 25.7 Å². The van der Waals surface area contributed by atoms with Crippen molar-refractivity contribution >= 4 is 58.3 Å². The molecule has 7 nitrogen and oxygen atoms in total. The number of nitrogens with one attached hydrogen (secondary N) is 1. The van der Waals surface area contributed by atoms with Gasteiger partial charge in [0.15, 0.2) is 6.61 Å². The average molecular weight is 503 g/mol. The van der Waals surface area contributed by atoms with Gasteiger partial charge in [0, 0.05) is 5.69 Å². The van der Waals surface area contributed by atoms with Gasteiger partial charge in [0.05, 0.1) is 33.8 Å². The standard InChI is InChI=1S/C25H24Cl2N2O5/c1-13-6-7-16(8-14(13)2)28-22(30)12-34-25(33)15-4-3-5-17(9-15)29-23(31)18-10-20(26)21(27)11-19(18)24(29)32/h3-9,18-21H,10-12H2,1-2H3,(H,28,30)/t18-,19+,20-,21-/m0/s1. The van der Waals surface area contributed by atoms with Crippen LogP contribution in [0.4, 0.5) is 11.4 Å². The minimum atomic E-state index is -0.741. The number of hydrogen-bond acceptors (Lipinski definition) is 5. The van der Waals surface area contributed by atoms with E-state index in [4.69, 9.17) is 27.9 Å². The second-order valence-corrected chi connectivity index (χ2v) is 9.82. The van der Waals surface area contributed by atoms with Gasteiger partial charge in [-0.05, 0) is 68.1 Å². The fraction of sp³-hybridized carbons (Fsp3) is 0.360. The van der Waals surface area contributed by atoms with Crippen LogP contribution in [0.5, 0.6) is 0 Å². The number of carbonyl (C=O) groups excluding carboxylic acids is 4. The van der Waals surface area contributed by atoms with Gasteiger partial charge in [-0.2, -0.15) is 0 Å². The Morgan fingerprint density at radius 2 is 1.62 bits per heavy atom. The highest BCUT2D eigenvalue weighted by atomic mass is 35.5. The highest BCUT2D eigenvalue weighted by Gasteiger charge is 2.52. The summed E-state index contributed by atoms with van der Waals surface area (Å²) in [4.78, 5) is 51.7. The summed E-state index contributed by atoms with van der Waals surface area (Å²) in [6, 6.07) is 11.5. The molecule has 0 spiro atoms. The molecule has 1 N–H and O–H groups in total. The number of esters is 1. The second-order valence-electron chi connectivity index (χ2n) is 8.70. The molecule has 34 heavy (non-hydrogen) atoms. The number of fused-ring (bicyclic) bond motifs is 1. The topological polar surface area (TPSA) is 92.8 Å². The maximum atomic E-state index is 13.0. The molecule has 1 aliphatic carbocycles. The normalized spacial score (nSPS) is 24.1. The SMILES string of the molecule is Cc1ccc(NC(=O)COC(=O)c2cccc(N3C(=O)[C@H]4C[C@H](Cl)[C@@H](Cl)C[C@H]4C3=O)c2)cc1C. The molecular weight excluding hydrogens is 479 g/mol. The Kier molecular flexibility index (Phi) is 6.96. The molecule has 2 aromatic carbocycles. The maximum absolute atomic E-state index is 13.0. The molecule has 4 rings (SSSR count). The summed E-state index contributed by atoms with van der Waals surface area (Å²) in [5, 5.41) is 1.93. The molecule has 2 aromatic rings. The number of amides is 3. The first-order valence-corrected chi connectivity index (χ1v) is 11.8. The van der Waals surface area contributed by atoms with E-state index in [1.807, 2.05) is 26.0 Å². The predicted octanol–water partition coefficient (Wildman–Crippen LogP) is 4.21. The summed E-state index contributed by atoms with van der Waals surface area (Å²) in [6.07, 6.45) is 0.664. The first-order valence-electron chi connectivity index (χ1n) is 11.0. The number of halogens is 2. The van der Waals surface area contributed by atoms with Crippen molar-refractivity contribution in [3.63, 3.8) is 0 Å². The Hall–Kier alpha value is -2.90. The van der Waals surface area contributed by atoms with Crippen LogP contribution in [0.1, 0.15) is 34.3 Å². The molecule has 9 heteroatoms. The predicted molar refractivity (Wildman–Crippen MR) is 129 cm³/mol. The molecule has 0 unspecified atom stereocenters. The van der Waals surface area contributed by atoms with Crippen LogP contribution < -0.4 is 10.2 Å². The third-order valence-corrected chi connectivity index (χ3v) is 7.47. The maximum Gasteiger partial charge on any atom is 0.338 e. The Balaban J connectivity index is 1.41. The molecule has 0 bridgehead atoms. The smallest absolute Gasteiger partial charge is 0.338 e. The van der Waals surface area contributed by atoms with E-state index in [2.05, 4.69) is 5.32 Å². The van der Waals surface area contributed by atoms with Crippen molar-refractivity contribution in [2.75, 3.05) is 16.8 Å². The lowest BCUT2D eigenvalue weighted by atomic mass is 9.80. The number of hydrogen-bond donors (Lipinski definition) is 1. The van der Waals surface area contributed by atoms with Crippen molar-refractivity contribution in [1.82, 2.24) is 0 Å². The molecule has 3 amide bonds. The van der Waals surface area contributed by atoms with Gasteiger partial charge in [-0.25, -0.2) is 4.79 Å². The van der Waals surface area contributed by atoms with Gasteiger partial charge in [-0.3, -0.25) is 19.3 Å². The molecule has 0 aromatic heterocycles. The first-order chi connectivity index (χ1) is 16.2. The van der Waals surface area contributed by atoms with Gasteiger partial charge in [-0.15, -0.1) is 23.2 Å². The Morgan fingerprint density at radius 1 is 0.971 bits per heavy atom. The molecule has 1 heterocycles. The zero-order valence-electron chi connectivity index (χ0n) is 18.7. The highest BCUT2D eigenvalue weighted by Crippen LogP contribution is 2.43. The molecule has 1 aliphatic heterocycles. The van der Waals surface area contributed by atoms with Crippen LogP contribution in [-0.4, -0.2) is 41.1 Å². The fourth-order valence-electron chi connectivity index (χ4n) is 4.35. The van der Waals surface area contributed by atoms with E-state index in [0.29, 0.717) is 18.5 Å². The largest absolute Gasteiger partial charge is 0.452 e. The van der Waals surface area contributed by atoms with Crippen molar-refractivity contribution in [1.29, 1.82) is 0 Å². The van der Waals surface area contributed by atoms with Gasteiger partial charge >= 0.3 is 5.97 Å². The van der Waals surface area contributed by atoms with E-state index in [-0.39, 0.29) is 33.8 Å². The lowest BCUT2D eigenvalue weighted by Crippen LogP contribution is -2.34. The Morgan fingerprint density at radius 3 is 2.24 bits per heavy atom. The zero-order valence-corrected chi connectivity index (χ0v) is 20.2. The highest BCUT2D eigenvalue weighted by molar-refractivity contribution is 6.31. The van der Waals surface area contributed by atoms with E-state index in [0.717, 1.165) is 16.0 Å². The fourth-order valence-corrected chi connectivity index (χ4v) is 4.94. The summed E-state index contributed by atoms with van der Waals surface area (Å²) in [7, 11) is 0. The molecule has 1 saturated carbocycles. The summed E-state index contributed by atoms with van der Waals surface area (Å²) >= 11 is 12.5. The molecule has 4 atom stereocenters. The number of carbonyl (C=O) groups is 4. The van der Waals surface area contributed by atoms with Gasteiger partial charge in [0.1, 0.15) is 0 Å². The summed E-state index contributed by atoms with van der Waals surface area (Å²) in [5.41, 5.74) is 3.13. The zero-order chi connectivity index (χ0) is 24.6. The van der Waals surface area contributed by atoms with Crippen molar-refractivity contribution in [2.24, 2.45) is 11.8 Å². The molecule has 2 fully saturated rings. The first kappa shape index (κ1) is 24.2. The third kappa shape index (κ3) is 4.81. The molecule has 2 aliphatic rings. The number of ether oxygens (including phenoxy) is 1. The average Bonchev–Trinajstić information content (AvgIpc) is 3.04. The van der Waals surface area contributed by atoms with Crippen molar-refractivity contribution in [3.8, 4) is 0 Å². The second kappa shape index (κ2) is 9.76. The van der Waals surface area contributed by atoms with Crippen LogP contribution in [-0.2, 0) is 19.1 Å². The minimum Gasteiger partial charge on any atom is -0.452 e. The molecule has 178 valence electrons. The summed E-state index contributed by atoms with van der Waals surface area (Å²) < 4.78 is 5.14. The molecular formula is C25H24Cl2N2O5. The van der Waals surface area contributed by atoms with Crippen molar-refractivity contribution in [2.45, 2.75) is 37.4 Å². The number of nitrogens with zero attached hydrogens (tertiary/aromatic N) is 1. The van der Waals surface area contributed by atoms with Crippen LogP contribution in [0.3, 0.4) is 0 Å². The van der Waals surface area contributed by atoms with Gasteiger partial charge in [0.25, 0.3) is 5.91 Å². The third-order valence-electron chi connectivity index (χ3n) is 6.38. The Labute approximate surface area is 207 Å². The van der Waals surface area contributed by atoms with Crippen molar-refractivity contribution in [3.05, 3.63) is 59.2 Å². The number of rotatable bonds is 5. The summed E-state index contributed by atoms with van der Waals surface area (Å²) in [5.74, 6) is -2.95. The van der Waals surface area contributed by atoms with E-state index < -0.39 is 30.3 Å². The van der Waals surface area contributed by atoms with Gasteiger partial charge < -0.3 is 10.1 Å². The number of benzene rings is 2. The van der Waals surface area contributed by atoms with Crippen molar-refractivity contribution < 1.29 is 23.9 Å². The van der Waals surface area contributed by atoms with Crippen LogP contribution >= 0.6 is 23.2 Å². The number of imide groups is 1. The number of aryl methyl sites for hydroxylation is 2. The lowest BCUT2D eigenvalue weighted by Gasteiger charge is -2.28. The monoisotopic (exact) mass is 502 g/mol. The van der Waals surface area contributed by atoms with Gasteiger partial charge in [-0.1, -0.05) is 12.1 Å². The summed E-state index contributed by atoms with van der Waals surface area (Å²) in [6.45, 7) is 3.43. The number of anilines is 2. The van der Waals surface area contributed by atoms with Crippen LogP contribution in [0.15, 0.2) is 42.5 Å². The lowest BCUT2D eigenvalue weighted by molar-refractivity contribution is -0.122. The van der Waals surface area contributed by atoms with E-state index in [1.54, 1.807) is 18.2 Å². The number of alkyl halides is 2. The van der Waals surface area contributed by atoms with E-state index in [9.17, 15) is 19.2 Å². The molecule has 1 saturated heterocycles. The Bertz CT molecular complexity index is 1140. The van der Waals surface area contributed by atoms with E-state index in [1.165, 1.54) is 12.1 Å².